The van der Waals surface area contributed by atoms with Crippen molar-refractivity contribution >= 4 is 50.6 Å². The highest BCUT2D eigenvalue weighted by molar-refractivity contribution is 9.12. The number of aryl methyl sites for hydroxylation is 1. The molecule has 6 heteroatoms. The van der Waals surface area contributed by atoms with Gasteiger partial charge in [-0.15, -0.1) is 0 Å². The summed E-state index contributed by atoms with van der Waals surface area (Å²) in [5, 5.41) is 0.683. The molecule has 124 valence electrons. The SMILES string of the molecule is CCCc1ccc(OC(=O)N(CC)C(C)(S)C(Br)CBr)cc1. The molecular formula is C16H23Br2NO2S. The lowest BCUT2D eigenvalue weighted by atomic mass is 10.1. The van der Waals surface area contributed by atoms with Gasteiger partial charge in [-0.3, -0.25) is 4.90 Å². The highest BCUT2D eigenvalue weighted by Crippen LogP contribution is 2.31. The monoisotopic (exact) mass is 451 g/mol. The molecule has 0 saturated carbocycles. The first-order chi connectivity index (χ1) is 10.4. The van der Waals surface area contributed by atoms with Crippen LogP contribution in [0.3, 0.4) is 0 Å². The molecule has 1 rings (SSSR count). The second-order valence-electron chi connectivity index (χ2n) is 5.22. The molecule has 0 aliphatic carbocycles. The number of carbonyl (C=O) groups excluding carboxylic acids is 1. The number of thiol groups is 1. The lowest BCUT2D eigenvalue weighted by Crippen LogP contribution is -2.52. The molecule has 0 N–H and O–H groups in total. The van der Waals surface area contributed by atoms with E-state index < -0.39 is 11.0 Å². The van der Waals surface area contributed by atoms with Crippen LogP contribution < -0.4 is 4.74 Å². The molecule has 3 nitrogen and oxygen atoms in total. The number of amides is 1. The summed E-state index contributed by atoms with van der Waals surface area (Å²) in [7, 11) is 0. The maximum absolute atomic E-state index is 12.4. The zero-order valence-electron chi connectivity index (χ0n) is 13.2. The summed E-state index contributed by atoms with van der Waals surface area (Å²) in [6, 6.07) is 7.66. The van der Waals surface area contributed by atoms with E-state index in [2.05, 4.69) is 51.4 Å². The first-order valence-corrected chi connectivity index (χ1v) is 9.86. The molecule has 1 aromatic carbocycles. The van der Waals surface area contributed by atoms with Gasteiger partial charge in [0, 0.05) is 11.9 Å². The number of halogens is 2. The van der Waals surface area contributed by atoms with Crippen molar-refractivity contribution < 1.29 is 9.53 Å². The molecule has 22 heavy (non-hydrogen) atoms. The summed E-state index contributed by atoms with van der Waals surface area (Å²) >= 11 is 11.6. The van der Waals surface area contributed by atoms with Crippen LogP contribution >= 0.6 is 44.5 Å². The summed E-state index contributed by atoms with van der Waals surface area (Å²) in [4.78, 5) is 13.4. The van der Waals surface area contributed by atoms with Crippen molar-refractivity contribution in [2.45, 2.75) is 43.3 Å². The maximum Gasteiger partial charge on any atom is 0.416 e. The first-order valence-electron chi connectivity index (χ1n) is 7.37. The quantitative estimate of drug-likeness (QED) is 0.347. The van der Waals surface area contributed by atoms with Crippen LogP contribution in [-0.2, 0) is 6.42 Å². The molecule has 0 spiro atoms. The minimum Gasteiger partial charge on any atom is -0.410 e. The predicted octanol–water partition coefficient (Wildman–Crippen LogP) is 5.26. The van der Waals surface area contributed by atoms with E-state index in [0.29, 0.717) is 17.6 Å². The van der Waals surface area contributed by atoms with E-state index >= 15 is 0 Å². The van der Waals surface area contributed by atoms with Crippen molar-refractivity contribution in [2.24, 2.45) is 0 Å². The van der Waals surface area contributed by atoms with Crippen LogP contribution in [0.5, 0.6) is 5.75 Å². The zero-order chi connectivity index (χ0) is 16.8. The Balaban J connectivity index is 2.80. The molecule has 0 radical (unpaired) electrons. The first kappa shape index (κ1) is 19.8. The highest BCUT2D eigenvalue weighted by atomic mass is 79.9. The van der Waals surface area contributed by atoms with Gasteiger partial charge >= 0.3 is 6.09 Å². The Bertz CT molecular complexity index is 480. The van der Waals surface area contributed by atoms with Crippen molar-refractivity contribution in [1.82, 2.24) is 4.90 Å². The fourth-order valence-electron chi connectivity index (χ4n) is 2.12. The van der Waals surface area contributed by atoms with Gasteiger partial charge in [-0.05, 0) is 38.0 Å². The van der Waals surface area contributed by atoms with Crippen molar-refractivity contribution in [1.29, 1.82) is 0 Å². The molecule has 0 aliphatic rings. The van der Waals surface area contributed by atoms with E-state index in [1.54, 1.807) is 4.90 Å². The van der Waals surface area contributed by atoms with E-state index in [1.807, 2.05) is 38.1 Å². The van der Waals surface area contributed by atoms with E-state index in [4.69, 9.17) is 4.74 Å². The Morgan fingerprint density at radius 3 is 2.41 bits per heavy atom. The standard InChI is InChI=1S/C16H23Br2NO2S/c1-4-6-12-7-9-13(10-8-12)21-15(20)19(5-2)16(3,22)14(18)11-17/h7-10,14,22H,4-6,11H2,1-3H3. The minimum atomic E-state index is -0.655. The van der Waals surface area contributed by atoms with E-state index in [1.165, 1.54) is 5.56 Å². The normalized spacial score (nSPS) is 15.0. The molecule has 0 aromatic heterocycles. The fraction of sp³-hybridized carbons (Fsp3) is 0.562. The molecular weight excluding hydrogens is 430 g/mol. The summed E-state index contributed by atoms with van der Waals surface area (Å²) < 4.78 is 5.48. The number of hydrogen-bond acceptors (Lipinski definition) is 3. The van der Waals surface area contributed by atoms with Gasteiger partial charge < -0.3 is 4.74 Å². The summed E-state index contributed by atoms with van der Waals surface area (Å²) in [6.07, 6.45) is 1.73. The number of ether oxygens (including phenoxy) is 1. The van der Waals surface area contributed by atoms with Gasteiger partial charge in [0.15, 0.2) is 0 Å². The van der Waals surface area contributed by atoms with E-state index in [0.717, 1.165) is 12.8 Å². The van der Waals surface area contributed by atoms with Crippen molar-refractivity contribution in [3.05, 3.63) is 29.8 Å². The average molecular weight is 453 g/mol. The third-order valence-corrected chi connectivity index (χ3v) is 7.12. The van der Waals surface area contributed by atoms with Crippen LogP contribution in [0.1, 0.15) is 32.8 Å². The minimum absolute atomic E-state index is 0.00256. The lowest BCUT2D eigenvalue weighted by molar-refractivity contribution is 0.130. The van der Waals surface area contributed by atoms with Gasteiger partial charge in [0.05, 0.1) is 9.70 Å². The van der Waals surface area contributed by atoms with Crippen LogP contribution in [0.15, 0.2) is 24.3 Å². The lowest BCUT2D eigenvalue weighted by Gasteiger charge is -2.38. The summed E-state index contributed by atoms with van der Waals surface area (Å²) in [5.41, 5.74) is 1.24. The van der Waals surface area contributed by atoms with Crippen molar-refractivity contribution in [3.8, 4) is 5.75 Å². The van der Waals surface area contributed by atoms with Gasteiger partial charge in [-0.25, -0.2) is 4.79 Å². The largest absolute Gasteiger partial charge is 0.416 e. The number of carbonyl (C=O) groups is 1. The van der Waals surface area contributed by atoms with Crippen LogP contribution in [0.4, 0.5) is 4.79 Å². The maximum atomic E-state index is 12.4. The smallest absolute Gasteiger partial charge is 0.410 e. The molecule has 1 amide bonds. The third-order valence-electron chi connectivity index (χ3n) is 3.48. The van der Waals surface area contributed by atoms with Crippen molar-refractivity contribution in [3.63, 3.8) is 0 Å². The molecule has 0 bridgehead atoms. The van der Waals surface area contributed by atoms with Crippen molar-refractivity contribution in [2.75, 3.05) is 11.9 Å². The third kappa shape index (κ3) is 5.17. The van der Waals surface area contributed by atoms with Crippen LogP contribution in [0.25, 0.3) is 0 Å². The van der Waals surface area contributed by atoms with Crippen LogP contribution in [0, 0.1) is 0 Å². The van der Waals surface area contributed by atoms with Gasteiger partial charge in [-0.2, -0.15) is 12.6 Å². The highest BCUT2D eigenvalue weighted by Gasteiger charge is 2.37. The predicted molar refractivity (Wildman–Crippen MR) is 103 cm³/mol. The Morgan fingerprint density at radius 1 is 1.36 bits per heavy atom. The Morgan fingerprint density at radius 2 is 1.95 bits per heavy atom. The zero-order valence-corrected chi connectivity index (χ0v) is 17.2. The average Bonchev–Trinajstić information content (AvgIpc) is 2.49. The molecule has 0 heterocycles. The second kappa shape index (κ2) is 9.18. The number of hydrogen-bond donors (Lipinski definition) is 1. The fourth-order valence-corrected chi connectivity index (χ4v) is 3.56. The number of benzene rings is 1. The number of rotatable bonds is 7. The Kier molecular flexibility index (Phi) is 8.28. The second-order valence-corrected chi connectivity index (χ2v) is 7.88. The van der Waals surface area contributed by atoms with Crippen LogP contribution in [-0.4, -0.2) is 32.6 Å². The summed E-state index contributed by atoms with van der Waals surface area (Å²) in [6.45, 7) is 6.46. The van der Waals surface area contributed by atoms with E-state index in [-0.39, 0.29) is 4.83 Å². The Labute approximate surface area is 155 Å². The van der Waals surface area contributed by atoms with Gasteiger partial charge in [-0.1, -0.05) is 57.3 Å². The Hall–Kier alpha value is -0.200. The van der Waals surface area contributed by atoms with Crippen LogP contribution in [0.2, 0.25) is 0 Å². The van der Waals surface area contributed by atoms with Gasteiger partial charge in [0.25, 0.3) is 0 Å². The topological polar surface area (TPSA) is 29.5 Å². The summed E-state index contributed by atoms with van der Waals surface area (Å²) in [5.74, 6) is 0.553. The van der Waals surface area contributed by atoms with Gasteiger partial charge in [0.1, 0.15) is 5.75 Å². The number of nitrogens with zero attached hydrogens (tertiary/aromatic N) is 1. The molecule has 0 saturated heterocycles. The molecule has 2 atom stereocenters. The molecule has 2 unspecified atom stereocenters. The molecule has 0 fully saturated rings. The molecule has 1 aromatic rings. The molecule has 0 aliphatic heterocycles. The number of alkyl halides is 2. The van der Waals surface area contributed by atoms with E-state index in [9.17, 15) is 4.79 Å². The van der Waals surface area contributed by atoms with Gasteiger partial charge in [0.2, 0.25) is 0 Å².